The Bertz CT molecular complexity index is 778. The van der Waals surface area contributed by atoms with Gasteiger partial charge in [-0.15, -0.1) is 0 Å². The van der Waals surface area contributed by atoms with Crippen LogP contribution < -0.4 is 5.32 Å². The van der Waals surface area contributed by atoms with Gasteiger partial charge in [0.25, 0.3) is 0 Å². The highest BCUT2D eigenvalue weighted by molar-refractivity contribution is 7.91. The summed E-state index contributed by atoms with van der Waals surface area (Å²) in [6.07, 6.45) is 6.91. The van der Waals surface area contributed by atoms with Crippen LogP contribution in [0.4, 0.5) is 0 Å². The molecule has 1 aromatic carbocycles. The zero-order chi connectivity index (χ0) is 16.5. The summed E-state index contributed by atoms with van der Waals surface area (Å²) in [5.41, 5.74) is 0.534. The first-order valence-electron chi connectivity index (χ1n) is 9.08. The van der Waals surface area contributed by atoms with Crippen LogP contribution in [0.15, 0.2) is 29.2 Å². The van der Waals surface area contributed by atoms with E-state index >= 15 is 0 Å². The van der Waals surface area contributed by atoms with E-state index in [4.69, 9.17) is 0 Å². The maximum atomic E-state index is 13.2. The fourth-order valence-electron chi connectivity index (χ4n) is 6.27. The zero-order valence-electron chi connectivity index (χ0n) is 13.7. The van der Waals surface area contributed by atoms with Crippen LogP contribution in [0, 0.1) is 23.2 Å². The van der Waals surface area contributed by atoms with E-state index in [-0.39, 0.29) is 23.1 Å². The summed E-state index contributed by atoms with van der Waals surface area (Å²) in [4.78, 5) is 13.6. The summed E-state index contributed by atoms with van der Waals surface area (Å²) in [7, 11) is -3.27. The molecular weight excluding hydrogens is 322 g/mol. The largest absolute Gasteiger partial charge is 0.348 e. The first-order chi connectivity index (χ1) is 11.5. The topological polar surface area (TPSA) is 63.2 Å². The van der Waals surface area contributed by atoms with E-state index in [2.05, 4.69) is 5.32 Å². The molecule has 128 valence electrons. The highest BCUT2D eigenvalue weighted by Gasteiger charge is 2.55. The van der Waals surface area contributed by atoms with Gasteiger partial charge >= 0.3 is 0 Å². The number of sulfone groups is 1. The summed E-state index contributed by atoms with van der Waals surface area (Å²) < 4.78 is 24.7. The van der Waals surface area contributed by atoms with Gasteiger partial charge in [0.05, 0.1) is 16.7 Å². The van der Waals surface area contributed by atoms with Crippen LogP contribution in [-0.4, -0.2) is 20.1 Å². The molecule has 1 atom stereocenters. The average Bonchev–Trinajstić information content (AvgIpc) is 2.77. The quantitative estimate of drug-likeness (QED) is 0.896. The third-order valence-electron chi connectivity index (χ3n) is 6.84. The summed E-state index contributed by atoms with van der Waals surface area (Å²) in [5.74, 6) is 2.24. The van der Waals surface area contributed by atoms with Gasteiger partial charge in [0.15, 0.2) is 9.84 Å². The van der Waals surface area contributed by atoms with Crippen LogP contribution in [0.1, 0.15) is 50.1 Å². The van der Waals surface area contributed by atoms with E-state index in [1.165, 1.54) is 19.3 Å². The van der Waals surface area contributed by atoms with Crippen LogP contribution in [0.25, 0.3) is 0 Å². The first kappa shape index (κ1) is 14.9. The highest BCUT2D eigenvalue weighted by atomic mass is 32.2. The van der Waals surface area contributed by atoms with Crippen molar-refractivity contribution in [2.45, 2.75) is 49.5 Å². The summed E-state index contributed by atoms with van der Waals surface area (Å²) in [6.45, 7) is 0. The Morgan fingerprint density at radius 3 is 2.21 bits per heavy atom. The van der Waals surface area contributed by atoms with Gasteiger partial charge < -0.3 is 5.32 Å². The highest BCUT2D eigenvalue weighted by Crippen LogP contribution is 2.60. The molecule has 0 radical (unpaired) electrons. The van der Waals surface area contributed by atoms with Crippen LogP contribution in [0.2, 0.25) is 0 Å². The second-order valence-electron chi connectivity index (χ2n) is 8.54. The second-order valence-corrected chi connectivity index (χ2v) is 10.5. The van der Waals surface area contributed by atoms with Gasteiger partial charge in [-0.1, -0.05) is 18.2 Å². The number of carbonyl (C=O) groups is 1. The summed E-state index contributed by atoms with van der Waals surface area (Å²) in [6, 6.07) is 6.71. The first-order valence-corrected chi connectivity index (χ1v) is 10.7. The van der Waals surface area contributed by atoms with E-state index in [1.807, 2.05) is 12.1 Å². The van der Waals surface area contributed by atoms with Crippen molar-refractivity contribution in [3.63, 3.8) is 0 Å². The minimum absolute atomic E-state index is 0.00442. The van der Waals surface area contributed by atoms with Crippen LogP contribution in [-0.2, 0) is 14.6 Å². The van der Waals surface area contributed by atoms with Gasteiger partial charge in [0.2, 0.25) is 5.91 Å². The van der Waals surface area contributed by atoms with E-state index in [9.17, 15) is 13.2 Å². The maximum Gasteiger partial charge on any atom is 0.226 e. The van der Waals surface area contributed by atoms with Gasteiger partial charge in [-0.2, -0.15) is 0 Å². The molecule has 1 unspecified atom stereocenters. The van der Waals surface area contributed by atoms with Gasteiger partial charge in [-0.05, 0) is 67.9 Å². The molecule has 0 saturated heterocycles. The molecule has 1 N–H and O–H groups in total. The molecule has 0 spiro atoms. The minimum atomic E-state index is -3.27. The van der Waals surface area contributed by atoms with Crippen LogP contribution in [0.5, 0.6) is 0 Å². The number of hydrogen-bond donors (Lipinski definition) is 1. The number of fused-ring (bicyclic) bond motifs is 1. The SMILES string of the molecule is O=C(NC1CS(=O)(=O)c2ccccc21)C12CC3CC(CC(C3)C1)C2. The third kappa shape index (κ3) is 2.10. The molecule has 1 aliphatic heterocycles. The summed E-state index contributed by atoms with van der Waals surface area (Å²) >= 11 is 0. The number of nitrogens with one attached hydrogen (secondary N) is 1. The fraction of sp³-hybridized carbons (Fsp3) is 0.632. The fourth-order valence-corrected chi connectivity index (χ4v) is 8.01. The molecule has 4 fully saturated rings. The Morgan fingerprint density at radius 2 is 1.58 bits per heavy atom. The molecule has 5 aliphatic rings. The van der Waals surface area contributed by atoms with Crippen molar-refractivity contribution in [3.8, 4) is 0 Å². The molecule has 1 aromatic rings. The van der Waals surface area contributed by atoms with E-state index < -0.39 is 9.84 Å². The van der Waals surface area contributed by atoms with E-state index in [0.717, 1.165) is 24.8 Å². The molecule has 1 heterocycles. The van der Waals surface area contributed by atoms with Crippen molar-refractivity contribution in [3.05, 3.63) is 29.8 Å². The Kier molecular flexibility index (Phi) is 3.01. The Morgan fingerprint density at radius 1 is 1.00 bits per heavy atom. The van der Waals surface area contributed by atoms with Gasteiger partial charge in [-0.3, -0.25) is 4.79 Å². The molecule has 4 saturated carbocycles. The molecule has 24 heavy (non-hydrogen) atoms. The smallest absolute Gasteiger partial charge is 0.226 e. The monoisotopic (exact) mass is 345 g/mol. The maximum absolute atomic E-state index is 13.2. The third-order valence-corrected chi connectivity index (χ3v) is 8.65. The molecule has 5 heteroatoms. The number of amides is 1. The minimum Gasteiger partial charge on any atom is -0.348 e. The lowest BCUT2D eigenvalue weighted by atomic mass is 9.49. The molecule has 6 rings (SSSR count). The van der Waals surface area contributed by atoms with E-state index in [0.29, 0.717) is 22.6 Å². The number of hydrogen-bond acceptors (Lipinski definition) is 3. The lowest BCUT2D eigenvalue weighted by Crippen LogP contribution is -2.54. The standard InChI is InChI=1S/C19H23NO3S/c21-18(19-8-12-5-13(9-19)7-14(6-12)10-19)20-16-11-24(22,23)17-4-2-1-3-15(16)17/h1-4,12-14,16H,5-11H2,(H,20,21). The zero-order valence-corrected chi connectivity index (χ0v) is 14.5. The predicted octanol–water partition coefficient (Wildman–Crippen LogP) is 2.85. The molecule has 4 nitrogen and oxygen atoms in total. The lowest BCUT2D eigenvalue weighted by molar-refractivity contribution is -0.146. The Hall–Kier alpha value is -1.36. The van der Waals surface area contributed by atoms with Gasteiger partial charge in [0, 0.05) is 5.41 Å². The van der Waals surface area contributed by atoms with Crippen molar-refractivity contribution in [1.29, 1.82) is 0 Å². The predicted molar refractivity (Wildman–Crippen MR) is 90.0 cm³/mol. The molecular formula is C19H23NO3S. The van der Waals surface area contributed by atoms with Crippen LogP contribution in [0.3, 0.4) is 0 Å². The van der Waals surface area contributed by atoms with Crippen molar-refractivity contribution < 1.29 is 13.2 Å². The Labute approximate surface area is 142 Å². The Balaban J connectivity index is 1.42. The molecule has 0 aromatic heterocycles. The van der Waals surface area contributed by atoms with Crippen LogP contribution >= 0.6 is 0 Å². The molecule has 4 aliphatic carbocycles. The van der Waals surface area contributed by atoms with E-state index in [1.54, 1.807) is 12.1 Å². The van der Waals surface area contributed by atoms with Gasteiger partial charge in [-0.25, -0.2) is 8.42 Å². The van der Waals surface area contributed by atoms with Crippen molar-refractivity contribution in [2.75, 3.05) is 5.75 Å². The van der Waals surface area contributed by atoms with Gasteiger partial charge in [0.1, 0.15) is 0 Å². The van der Waals surface area contributed by atoms with Crippen molar-refractivity contribution >= 4 is 15.7 Å². The molecule has 4 bridgehead atoms. The van der Waals surface area contributed by atoms with Crippen molar-refractivity contribution in [1.82, 2.24) is 5.32 Å². The second kappa shape index (κ2) is 4.84. The normalized spacial score (nSPS) is 41.2. The summed E-state index contributed by atoms with van der Waals surface area (Å²) in [5, 5.41) is 3.13. The van der Waals surface area contributed by atoms with Crippen molar-refractivity contribution in [2.24, 2.45) is 23.2 Å². The number of benzene rings is 1. The molecule has 1 amide bonds. The average molecular weight is 345 g/mol. The lowest BCUT2D eigenvalue weighted by Gasteiger charge is -2.55. The number of rotatable bonds is 2. The number of carbonyl (C=O) groups excluding carboxylic acids is 1.